The van der Waals surface area contributed by atoms with Crippen LogP contribution >= 0.6 is 22.7 Å². The number of thiophene rings is 2. The first-order valence-corrected chi connectivity index (χ1v) is 7.98. The number of rotatable bonds is 4. The van der Waals surface area contributed by atoms with E-state index in [2.05, 4.69) is 33.9 Å². The van der Waals surface area contributed by atoms with Gasteiger partial charge in [0.15, 0.2) is 0 Å². The molecule has 3 rings (SSSR count). The smallest absolute Gasteiger partial charge is 0.0707 e. The minimum Gasteiger partial charge on any atom is -0.383 e. The van der Waals surface area contributed by atoms with E-state index in [4.69, 9.17) is 4.74 Å². The van der Waals surface area contributed by atoms with Gasteiger partial charge in [0, 0.05) is 30.0 Å². The van der Waals surface area contributed by atoms with Crippen LogP contribution in [0.3, 0.4) is 0 Å². The van der Waals surface area contributed by atoms with E-state index in [1.165, 1.54) is 16.9 Å². The molecular formula is C14H17NOS2. The molecule has 0 radical (unpaired) electrons. The summed E-state index contributed by atoms with van der Waals surface area (Å²) in [6, 6.07) is 7.13. The van der Waals surface area contributed by atoms with Gasteiger partial charge in [0.2, 0.25) is 0 Å². The van der Waals surface area contributed by atoms with Gasteiger partial charge in [-0.15, -0.1) is 22.7 Å². The Balaban J connectivity index is 1.92. The Bertz CT molecular complexity index is 492. The third kappa shape index (κ3) is 2.26. The molecule has 0 saturated heterocycles. The van der Waals surface area contributed by atoms with Crippen molar-refractivity contribution in [1.29, 1.82) is 0 Å². The van der Waals surface area contributed by atoms with Crippen LogP contribution in [0, 0.1) is 0 Å². The average Bonchev–Trinajstić information content (AvgIpc) is 3.06. The van der Waals surface area contributed by atoms with Gasteiger partial charge < -0.3 is 4.74 Å². The summed E-state index contributed by atoms with van der Waals surface area (Å²) in [6.07, 6.45) is 1.18. The zero-order valence-corrected chi connectivity index (χ0v) is 12.1. The van der Waals surface area contributed by atoms with Gasteiger partial charge in [0.1, 0.15) is 0 Å². The number of hydrogen-bond acceptors (Lipinski definition) is 4. The summed E-state index contributed by atoms with van der Waals surface area (Å²) in [7, 11) is 1.78. The second-order valence-corrected chi connectivity index (χ2v) is 6.48. The van der Waals surface area contributed by atoms with E-state index >= 15 is 0 Å². The largest absolute Gasteiger partial charge is 0.383 e. The number of nitrogens with zero attached hydrogens (tertiary/aromatic N) is 1. The van der Waals surface area contributed by atoms with Crippen molar-refractivity contribution in [2.45, 2.75) is 12.5 Å². The van der Waals surface area contributed by atoms with Crippen LogP contribution in [-0.2, 0) is 11.2 Å². The van der Waals surface area contributed by atoms with Crippen molar-refractivity contribution in [3.63, 3.8) is 0 Å². The molecule has 1 aliphatic heterocycles. The van der Waals surface area contributed by atoms with Crippen molar-refractivity contribution in [2.24, 2.45) is 0 Å². The van der Waals surface area contributed by atoms with Gasteiger partial charge in [0.05, 0.1) is 12.6 Å². The van der Waals surface area contributed by atoms with Crippen LogP contribution in [-0.4, -0.2) is 31.7 Å². The van der Waals surface area contributed by atoms with E-state index in [0.717, 1.165) is 19.7 Å². The third-order valence-electron chi connectivity index (χ3n) is 3.46. The van der Waals surface area contributed by atoms with Gasteiger partial charge in [-0.2, -0.15) is 0 Å². The highest BCUT2D eigenvalue weighted by Crippen LogP contribution is 2.39. The van der Waals surface area contributed by atoms with Crippen molar-refractivity contribution in [2.75, 3.05) is 26.8 Å². The van der Waals surface area contributed by atoms with Crippen LogP contribution in [0.1, 0.15) is 21.4 Å². The normalized spacial score (nSPS) is 19.9. The molecule has 2 aromatic rings. The lowest BCUT2D eigenvalue weighted by molar-refractivity contribution is 0.127. The monoisotopic (exact) mass is 279 g/mol. The summed E-state index contributed by atoms with van der Waals surface area (Å²) in [5, 5.41) is 4.40. The van der Waals surface area contributed by atoms with E-state index in [-0.39, 0.29) is 0 Å². The molecule has 18 heavy (non-hydrogen) atoms. The Morgan fingerprint density at radius 1 is 1.33 bits per heavy atom. The van der Waals surface area contributed by atoms with E-state index in [0.29, 0.717) is 6.04 Å². The lowest BCUT2D eigenvalue weighted by Gasteiger charge is -2.35. The minimum atomic E-state index is 0.440. The molecule has 0 unspecified atom stereocenters. The Morgan fingerprint density at radius 3 is 3.06 bits per heavy atom. The maximum atomic E-state index is 5.24. The molecule has 0 bridgehead atoms. The molecule has 0 fully saturated rings. The van der Waals surface area contributed by atoms with Crippen molar-refractivity contribution < 1.29 is 4.74 Å². The second kappa shape index (κ2) is 5.53. The number of methoxy groups -OCH3 is 1. The van der Waals surface area contributed by atoms with E-state index in [1.54, 1.807) is 12.0 Å². The lowest BCUT2D eigenvalue weighted by atomic mass is 9.98. The zero-order valence-electron chi connectivity index (χ0n) is 10.5. The van der Waals surface area contributed by atoms with Crippen LogP contribution in [0.2, 0.25) is 0 Å². The predicted molar refractivity (Wildman–Crippen MR) is 77.6 cm³/mol. The molecule has 2 nitrogen and oxygen atoms in total. The molecule has 0 aromatic carbocycles. The first-order valence-electron chi connectivity index (χ1n) is 6.23. The third-order valence-corrected chi connectivity index (χ3v) is 5.38. The molecule has 4 heteroatoms. The SMILES string of the molecule is COCCN1CCc2sccc2[C@@H]1c1cccs1. The molecule has 2 aromatic heterocycles. The summed E-state index contributed by atoms with van der Waals surface area (Å²) in [5.41, 5.74) is 1.50. The van der Waals surface area contributed by atoms with Crippen LogP contribution in [0.15, 0.2) is 29.0 Å². The molecule has 3 heterocycles. The van der Waals surface area contributed by atoms with Gasteiger partial charge >= 0.3 is 0 Å². The molecule has 0 N–H and O–H groups in total. The topological polar surface area (TPSA) is 12.5 Å². The highest BCUT2D eigenvalue weighted by molar-refractivity contribution is 7.10. The highest BCUT2D eigenvalue weighted by atomic mass is 32.1. The van der Waals surface area contributed by atoms with Crippen molar-refractivity contribution in [3.8, 4) is 0 Å². The molecule has 96 valence electrons. The standard InChI is InChI=1S/C14H17NOS2/c1-16-8-7-15-6-4-12-11(5-10-18-12)14(15)13-3-2-9-17-13/h2-3,5,9-10,14H,4,6-8H2,1H3/t14-/m1/s1. The number of hydrogen-bond donors (Lipinski definition) is 0. The molecule has 1 atom stereocenters. The van der Waals surface area contributed by atoms with E-state index in [1.807, 2.05) is 22.7 Å². The van der Waals surface area contributed by atoms with Crippen molar-refractivity contribution in [1.82, 2.24) is 4.90 Å². The van der Waals surface area contributed by atoms with Crippen LogP contribution in [0.25, 0.3) is 0 Å². The molecule has 0 amide bonds. The maximum Gasteiger partial charge on any atom is 0.0707 e. The highest BCUT2D eigenvalue weighted by Gasteiger charge is 2.29. The minimum absolute atomic E-state index is 0.440. The fourth-order valence-corrected chi connectivity index (χ4v) is 4.38. The van der Waals surface area contributed by atoms with E-state index < -0.39 is 0 Å². The maximum absolute atomic E-state index is 5.24. The van der Waals surface area contributed by atoms with Gasteiger partial charge in [-0.1, -0.05) is 6.07 Å². The van der Waals surface area contributed by atoms with Crippen LogP contribution in [0.5, 0.6) is 0 Å². The average molecular weight is 279 g/mol. The van der Waals surface area contributed by atoms with Gasteiger partial charge in [-0.3, -0.25) is 4.90 Å². The summed E-state index contributed by atoms with van der Waals surface area (Å²) in [5.74, 6) is 0. The summed E-state index contributed by atoms with van der Waals surface area (Å²) < 4.78 is 5.24. The van der Waals surface area contributed by atoms with Crippen molar-refractivity contribution in [3.05, 3.63) is 44.3 Å². The van der Waals surface area contributed by atoms with Crippen LogP contribution < -0.4 is 0 Å². The Hall–Kier alpha value is -0.680. The number of fused-ring (bicyclic) bond motifs is 1. The van der Waals surface area contributed by atoms with Gasteiger partial charge in [-0.05, 0) is 34.9 Å². The molecular weight excluding hydrogens is 262 g/mol. The van der Waals surface area contributed by atoms with Crippen LogP contribution in [0.4, 0.5) is 0 Å². The summed E-state index contributed by atoms with van der Waals surface area (Å²) >= 11 is 3.75. The molecule has 0 spiro atoms. The Kier molecular flexibility index (Phi) is 3.80. The summed E-state index contributed by atoms with van der Waals surface area (Å²) in [6.45, 7) is 2.95. The first kappa shape index (κ1) is 12.4. The molecule has 0 aliphatic carbocycles. The summed E-state index contributed by atoms with van der Waals surface area (Å²) in [4.78, 5) is 5.55. The fraction of sp³-hybridized carbons (Fsp3) is 0.429. The van der Waals surface area contributed by atoms with E-state index in [9.17, 15) is 0 Å². The fourth-order valence-electron chi connectivity index (χ4n) is 2.60. The molecule has 1 aliphatic rings. The Labute approximate surface area is 116 Å². The number of ether oxygens (including phenoxy) is 1. The quantitative estimate of drug-likeness (QED) is 0.850. The predicted octanol–water partition coefficient (Wildman–Crippen LogP) is 3.40. The van der Waals surface area contributed by atoms with Crippen molar-refractivity contribution >= 4 is 22.7 Å². The van der Waals surface area contributed by atoms with Gasteiger partial charge in [-0.25, -0.2) is 0 Å². The zero-order chi connectivity index (χ0) is 12.4. The van der Waals surface area contributed by atoms with Gasteiger partial charge in [0.25, 0.3) is 0 Å². The molecule has 0 saturated carbocycles. The lowest BCUT2D eigenvalue weighted by Crippen LogP contribution is -2.37. The Morgan fingerprint density at radius 2 is 2.28 bits per heavy atom. The second-order valence-electron chi connectivity index (χ2n) is 4.50. The first-order chi connectivity index (χ1) is 8.90.